The van der Waals surface area contributed by atoms with Gasteiger partial charge in [0.2, 0.25) is 41.4 Å². The standard InChI is InChI=1S/C46H59N15O9/c1-25-39(64)57-36(21-28-23-50-24-54-28)43(68)58-34(19-26-9-3-2-4-10-26)41(66)56-32(14-8-18-52-45(48)49)40(65)59-35(20-27-22-53-30-12-6-5-11-29(27)30)42(67)55-31(38(47)63)13-7-17-51-37(62)16-15-33-44(69)61(25)46(70)60-33/h2-6,9-12,22-25,31-36,53H,7-8,13-21H2,1H3,(H2,47,63)(H,50,54)(H,51,62)(H,55,67)(H,56,66)(H,57,64)(H,58,68)(H,59,65)(H,60,70)(H4,48,49,52)/t25-,31+,32+,33+,34+,35+,36+/m1/s1. The van der Waals surface area contributed by atoms with Crippen molar-refractivity contribution < 1.29 is 43.2 Å². The first-order valence-electron chi connectivity index (χ1n) is 22.9. The van der Waals surface area contributed by atoms with Gasteiger partial charge in [0, 0.05) is 67.8 Å². The molecule has 4 heterocycles. The number of guanidine groups is 1. The summed E-state index contributed by atoms with van der Waals surface area (Å²) < 4.78 is 0. The highest BCUT2D eigenvalue weighted by atomic mass is 16.2. The lowest BCUT2D eigenvalue weighted by atomic mass is 10.0. The van der Waals surface area contributed by atoms with Crippen LogP contribution in [-0.2, 0) is 57.6 Å². The maximum absolute atomic E-state index is 14.6. The van der Waals surface area contributed by atoms with Crippen molar-refractivity contribution in [3.63, 3.8) is 0 Å². The Bertz CT molecular complexity index is 2560. The molecular formula is C46H59N15O9. The molecule has 70 heavy (non-hydrogen) atoms. The molecule has 0 radical (unpaired) electrons. The van der Waals surface area contributed by atoms with Crippen molar-refractivity contribution in [3.05, 3.63) is 90.1 Å². The number of aromatic amines is 2. The molecular weight excluding hydrogens is 907 g/mol. The second-order valence-corrected chi connectivity index (χ2v) is 17.1. The Labute approximate surface area is 401 Å². The number of fused-ring (bicyclic) bond motifs is 3. The number of benzene rings is 2. The zero-order chi connectivity index (χ0) is 50.3. The number of aliphatic imine (C=N–C) groups is 1. The Morgan fingerprint density at radius 1 is 0.729 bits per heavy atom. The first kappa shape index (κ1) is 51.1. The number of nitrogens with two attached hydrogens (primary N) is 3. The number of amides is 10. The van der Waals surface area contributed by atoms with E-state index < -0.39 is 95.6 Å². The average molecular weight is 966 g/mol. The van der Waals surface area contributed by atoms with E-state index >= 15 is 0 Å². The van der Waals surface area contributed by atoms with Gasteiger partial charge < -0.3 is 64.4 Å². The average Bonchev–Trinajstić information content (AvgIpc) is 4.07. The summed E-state index contributed by atoms with van der Waals surface area (Å²) in [6.45, 7) is 1.41. The zero-order valence-corrected chi connectivity index (χ0v) is 38.5. The molecule has 6 rings (SSSR count). The lowest BCUT2D eigenvalue weighted by Gasteiger charge is -2.28. The fraction of sp³-hybridized carbons (Fsp3) is 0.413. The molecule has 0 spiro atoms. The normalized spacial score (nSPS) is 23.8. The molecule has 2 aliphatic rings. The third-order valence-electron chi connectivity index (χ3n) is 12.0. The zero-order valence-electron chi connectivity index (χ0n) is 38.5. The Balaban J connectivity index is 1.35. The number of imidazole rings is 1. The van der Waals surface area contributed by atoms with Crippen molar-refractivity contribution in [1.82, 2.24) is 57.1 Å². The molecule has 7 atom stereocenters. The van der Waals surface area contributed by atoms with Crippen molar-refractivity contribution in [2.24, 2.45) is 22.2 Å². The van der Waals surface area contributed by atoms with Crippen LogP contribution in [0.25, 0.3) is 10.9 Å². The minimum atomic E-state index is -1.43. The summed E-state index contributed by atoms with van der Waals surface area (Å²) in [6.07, 6.45) is 4.10. The van der Waals surface area contributed by atoms with E-state index in [-0.39, 0.29) is 76.8 Å². The van der Waals surface area contributed by atoms with Gasteiger partial charge in [-0.1, -0.05) is 48.5 Å². The van der Waals surface area contributed by atoms with Crippen LogP contribution in [0.2, 0.25) is 0 Å². The Hall–Kier alpha value is -8.31. The quantitative estimate of drug-likeness (QED) is 0.0332. The molecule has 10 amide bonds. The van der Waals surface area contributed by atoms with Crippen molar-refractivity contribution in [1.29, 1.82) is 0 Å². The van der Waals surface area contributed by atoms with Gasteiger partial charge >= 0.3 is 6.03 Å². The number of imide groups is 1. The molecule has 15 N–H and O–H groups in total. The van der Waals surface area contributed by atoms with Gasteiger partial charge in [0.1, 0.15) is 42.3 Å². The Morgan fingerprint density at radius 2 is 1.37 bits per heavy atom. The fourth-order valence-corrected chi connectivity index (χ4v) is 8.18. The summed E-state index contributed by atoms with van der Waals surface area (Å²) in [6, 6.07) is 5.80. The molecule has 2 bridgehead atoms. The van der Waals surface area contributed by atoms with E-state index in [1.807, 2.05) is 24.3 Å². The molecule has 24 heteroatoms. The molecule has 0 unspecified atom stereocenters. The van der Waals surface area contributed by atoms with Crippen molar-refractivity contribution in [2.45, 2.75) is 107 Å². The predicted octanol–water partition coefficient (Wildman–Crippen LogP) is -2.12. The van der Waals surface area contributed by atoms with Crippen molar-refractivity contribution >= 4 is 70.2 Å². The molecule has 2 aromatic heterocycles. The molecule has 4 aromatic rings. The maximum Gasteiger partial charge on any atom is 0.325 e. The molecule has 372 valence electrons. The van der Waals surface area contributed by atoms with E-state index in [9.17, 15) is 43.2 Å². The fourth-order valence-electron chi connectivity index (χ4n) is 8.18. The summed E-state index contributed by atoms with van der Waals surface area (Å²) in [7, 11) is 0. The topological polar surface area (TPSA) is 376 Å². The second kappa shape index (κ2) is 24.1. The third-order valence-corrected chi connectivity index (χ3v) is 12.0. The number of para-hydroxylation sites is 1. The summed E-state index contributed by atoms with van der Waals surface area (Å²) in [5, 5.41) is 19.5. The number of nitrogens with zero attached hydrogens (tertiary/aromatic N) is 3. The highest BCUT2D eigenvalue weighted by molar-refractivity contribution is 6.08. The lowest BCUT2D eigenvalue weighted by Crippen LogP contribution is -2.60. The smallest absolute Gasteiger partial charge is 0.325 e. The van der Waals surface area contributed by atoms with E-state index in [2.05, 4.69) is 57.2 Å². The van der Waals surface area contributed by atoms with Crippen LogP contribution >= 0.6 is 0 Å². The van der Waals surface area contributed by atoms with E-state index in [1.54, 1.807) is 36.5 Å². The summed E-state index contributed by atoms with van der Waals surface area (Å²) in [5.74, 6) is -6.45. The monoisotopic (exact) mass is 965 g/mol. The number of H-pyrrole nitrogens is 2. The van der Waals surface area contributed by atoms with Crippen LogP contribution in [0.3, 0.4) is 0 Å². The van der Waals surface area contributed by atoms with Crippen LogP contribution in [0, 0.1) is 0 Å². The van der Waals surface area contributed by atoms with E-state index in [0.29, 0.717) is 21.7 Å². The van der Waals surface area contributed by atoms with E-state index in [4.69, 9.17) is 17.2 Å². The first-order chi connectivity index (χ1) is 33.6. The van der Waals surface area contributed by atoms with Gasteiger partial charge in [0.05, 0.1) is 6.33 Å². The van der Waals surface area contributed by atoms with E-state index in [0.717, 1.165) is 10.9 Å². The van der Waals surface area contributed by atoms with Gasteiger partial charge in [-0.25, -0.2) is 9.78 Å². The number of primary amides is 1. The summed E-state index contributed by atoms with van der Waals surface area (Å²) in [5.41, 5.74) is 19.3. The minimum absolute atomic E-state index is 0.0120. The molecule has 0 aliphatic carbocycles. The lowest BCUT2D eigenvalue weighted by molar-refractivity contribution is -0.137. The van der Waals surface area contributed by atoms with Gasteiger partial charge in [0.15, 0.2) is 5.96 Å². The molecule has 2 aliphatic heterocycles. The highest BCUT2D eigenvalue weighted by Crippen LogP contribution is 2.20. The number of hydrogen-bond acceptors (Lipinski definition) is 11. The predicted molar refractivity (Wildman–Crippen MR) is 253 cm³/mol. The molecule has 2 fully saturated rings. The van der Waals surface area contributed by atoms with Crippen molar-refractivity contribution in [3.8, 4) is 0 Å². The number of carbonyl (C=O) groups excluding carboxylic acids is 9. The highest BCUT2D eigenvalue weighted by Gasteiger charge is 2.44. The largest absolute Gasteiger partial charge is 0.370 e. The van der Waals surface area contributed by atoms with Crippen LogP contribution in [0.1, 0.15) is 62.3 Å². The van der Waals surface area contributed by atoms with E-state index in [1.165, 1.54) is 19.4 Å². The Morgan fingerprint density at radius 3 is 2.07 bits per heavy atom. The third kappa shape index (κ3) is 13.9. The van der Waals surface area contributed by atoms with Gasteiger partial charge in [-0.2, -0.15) is 0 Å². The molecule has 0 saturated carbocycles. The number of urea groups is 1. The number of carbonyl (C=O) groups is 9. The van der Waals surface area contributed by atoms with Crippen LogP contribution in [0.4, 0.5) is 4.79 Å². The number of nitrogens with one attached hydrogen (secondary N) is 9. The number of hydrogen-bond donors (Lipinski definition) is 12. The van der Waals surface area contributed by atoms with Crippen LogP contribution in [-0.4, -0.2) is 134 Å². The maximum atomic E-state index is 14.6. The second-order valence-electron chi connectivity index (χ2n) is 17.1. The SMILES string of the molecule is C[C@@H]1C(=O)N[C@@H](Cc2cnc[nH]2)C(=O)N[C@@H](Cc2ccccc2)C(=O)N[C@@H](CCCN=C(N)N)C(=O)N[C@@H](Cc2c[nH]c3ccccc23)C(=O)N[C@H](C(N)=O)CCCNC(=O)CC[C@@H]2NC(=O)N1C2=O. The first-order valence-corrected chi connectivity index (χ1v) is 22.9. The summed E-state index contributed by atoms with van der Waals surface area (Å²) in [4.78, 5) is 139. The van der Waals surface area contributed by atoms with Gasteiger partial charge in [-0.05, 0) is 56.2 Å². The molecule has 24 nitrogen and oxygen atoms in total. The van der Waals surface area contributed by atoms with Gasteiger partial charge in [-0.15, -0.1) is 0 Å². The molecule has 2 saturated heterocycles. The molecule has 2 aromatic carbocycles. The Kier molecular flexibility index (Phi) is 17.6. The summed E-state index contributed by atoms with van der Waals surface area (Å²) >= 11 is 0. The van der Waals surface area contributed by atoms with Crippen molar-refractivity contribution in [2.75, 3.05) is 13.1 Å². The van der Waals surface area contributed by atoms with Crippen LogP contribution in [0.5, 0.6) is 0 Å². The number of aromatic nitrogens is 3. The van der Waals surface area contributed by atoms with Gasteiger partial charge in [0.25, 0.3) is 5.91 Å². The minimum Gasteiger partial charge on any atom is -0.370 e. The van der Waals surface area contributed by atoms with Crippen LogP contribution in [0.15, 0.2) is 78.3 Å². The van der Waals surface area contributed by atoms with Gasteiger partial charge in [-0.3, -0.25) is 48.2 Å². The van der Waals surface area contributed by atoms with Crippen LogP contribution < -0.4 is 54.4 Å². The number of rotatable bonds is 11.